The molecule has 1 rings (SSSR count). The Balaban J connectivity index is 2.27. The lowest BCUT2D eigenvalue weighted by Gasteiger charge is -2.18. The molecule has 0 aromatic heterocycles. The lowest BCUT2D eigenvalue weighted by atomic mass is 10.1. The second-order valence-corrected chi connectivity index (χ2v) is 22.5. The number of carbonyl (C=O) groups excluding carboxylic acids is 3. The highest BCUT2D eigenvalue weighted by molar-refractivity contribution is 7.86. The number of rotatable bonds is 54. The molecule has 0 aliphatic carbocycles. The van der Waals surface area contributed by atoms with Crippen LogP contribution in [-0.4, -0.2) is 52.3 Å². The molecule has 0 atom stereocenters. The molecule has 0 aliphatic heterocycles. The minimum atomic E-state index is -3.68. The van der Waals surface area contributed by atoms with Gasteiger partial charge in [-0.2, -0.15) is 8.42 Å². The van der Waals surface area contributed by atoms with Gasteiger partial charge in [-0.15, -0.1) is 0 Å². The first-order valence-corrected chi connectivity index (χ1v) is 32.0. The largest absolute Gasteiger partial charge is 0.462 e. The summed E-state index contributed by atoms with van der Waals surface area (Å²) in [7, 11) is -3.68. The van der Waals surface area contributed by atoms with Crippen LogP contribution in [0.4, 0.5) is 0 Å². The number of hydrogen-bond donors (Lipinski definition) is 0. The van der Waals surface area contributed by atoms with Crippen molar-refractivity contribution in [2.24, 2.45) is 0 Å². The Morgan fingerprint density at radius 1 is 0.405 bits per heavy atom. The van der Waals surface area contributed by atoms with Gasteiger partial charge in [0.25, 0.3) is 10.1 Å². The summed E-state index contributed by atoms with van der Waals surface area (Å²) in [6.45, 7) is 6.45. The summed E-state index contributed by atoms with van der Waals surface area (Å²) in [5.74, 6) is -0.960. The molecule has 74 heavy (non-hydrogen) atoms. The third kappa shape index (κ3) is 46.1. The second kappa shape index (κ2) is 51.8. The van der Waals surface area contributed by atoms with Gasteiger partial charge in [-0.1, -0.05) is 216 Å². The Bertz CT molecular complexity index is 1590. The third-order valence-electron chi connectivity index (χ3n) is 13.7. The van der Waals surface area contributed by atoms with Crippen molar-refractivity contribution in [3.8, 4) is 0 Å². The second-order valence-electron chi connectivity index (χ2n) is 20.9. The van der Waals surface area contributed by atoms with Gasteiger partial charge in [0.05, 0.1) is 11.5 Å². The van der Waals surface area contributed by atoms with E-state index in [0.29, 0.717) is 12.8 Å². The molecule has 0 saturated heterocycles. The van der Waals surface area contributed by atoms with Crippen LogP contribution in [0, 0.1) is 6.92 Å². The molecule has 9 nitrogen and oxygen atoms in total. The van der Waals surface area contributed by atoms with Gasteiger partial charge in [0.2, 0.25) is 0 Å². The molecule has 0 saturated carbocycles. The molecule has 426 valence electrons. The summed E-state index contributed by atoms with van der Waals surface area (Å²) < 4.78 is 46.7. The molecule has 0 aliphatic rings. The molecule has 0 spiro atoms. The van der Waals surface area contributed by atoms with Crippen molar-refractivity contribution >= 4 is 28.0 Å². The first-order chi connectivity index (χ1) is 36.2. The smallest absolute Gasteiger partial charge is 0.306 e. The van der Waals surface area contributed by atoms with Crippen LogP contribution in [0.5, 0.6) is 0 Å². The highest BCUT2D eigenvalue weighted by atomic mass is 32.2. The average molecular weight is 1060 g/mol. The van der Waals surface area contributed by atoms with Crippen LogP contribution in [0.2, 0.25) is 0 Å². The monoisotopic (exact) mass is 1050 g/mol. The Labute approximate surface area is 454 Å². The number of hydrogen-bond acceptors (Lipinski definition) is 9. The van der Waals surface area contributed by atoms with Gasteiger partial charge < -0.3 is 14.2 Å². The van der Waals surface area contributed by atoms with Crippen molar-refractivity contribution in [3.05, 3.63) is 66.3 Å². The van der Waals surface area contributed by atoms with Crippen LogP contribution in [0.1, 0.15) is 289 Å². The van der Waals surface area contributed by atoms with E-state index in [-0.39, 0.29) is 49.0 Å². The predicted molar refractivity (Wildman–Crippen MR) is 309 cm³/mol. The lowest BCUT2D eigenvalue weighted by molar-refractivity contribution is -0.167. The summed E-state index contributed by atoms with van der Waals surface area (Å²) in [6.07, 6.45) is 58.4. The maximum absolute atomic E-state index is 12.9. The highest BCUT2D eigenvalue weighted by Gasteiger charge is 2.20. The molecule has 0 N–H and O–H groups in total. The summed E-state index contributed by atoms with van der Waals surface area (Å²) in [5.41, 5.74) is 1.01. The van der Waals surface area contributed by atoms with Crippen molar-refractivity contribution in [1.82, 2.24) is 0 Å². The van der Waals surface area contributed by atoms with Crippen LogP contribution in [0.3, 0.4) is 0 Å². The van der Waals surface area contributed by atoms with Crippen LogP contribution >= 0.6 is 0 Å². The number of unbranched alkanes of at least 4 members (excludes halogenated alkanes) is 33. The van der Waals surface area contributed by atoms with Gasteiger partial charge >= 0.3 is 17.9 Å². The van der Waals surface area contributed by atoms with E-state index in [1.54, 1.807) is 24.3 Å². The number of esters is 3. The van der Waals surface area contributed by atoms with Gasteiger partial charge in [0, 0.05) is 19.3 Å². The molecule has 0 fully saturated rings. The molecule has 0 heterocycles. The minimum absolute atomic E-state index is 0.106. The van der Waals surface area contributed by atoms with E-state index in [2.05, 4.69) is 50.3 Å². The molecule has 1 aromatic carbocycles. The summed E-state index contributed by atoms with van der Waals surface area (Å²) in [6, 6.07) is 6.74. The van der Waals surface area contributed by atoms with E-state index in [1.807, 2.05) is 6.92 Å². The van der Waals surface area contributed by atoms with Crippen LogP contribution in [0.15, 0.2) is 65.6 Å². The fourth-order valence-corrected chi connectivity index (χ4v) is 9.81. The van der Waals surface area contributed by atoms with E-state index in [4.69, 9.17) is 18.4 Å². The highest BCUT2D eigenvalue weighted by Crippen LogP contribution is 2.17. The SMILES string of the molecule is CCCCCCCC/C=C\CCCCCCCC(=O)OCC(COC(=O)CCCCCCC/C=C\CCCCCCCC)OC(=O)CCCCCCC/C=C\CCCCCCCCOS(=O)(=O)c1ccc(C)cc1. The van der Waals surface area contributed by atoms with Crippen molar-refractivity contribution in [1.29, 1.82) is 0 Å². The lowest BCUT2D eigenvalue weighted by Crippen LogP contribution is -2.30. The zero-order chi connectivity index (χ0) is 53.7. The van der Waals surface area contributed by atoms with Crippen LogP contribution < -0.4 is 0 Å². The van der Waals surface area contributed by atoms with Gasteiger partial charge in [0.1, 0.15) is 13.2 Å². The number of benzene rings is 1. The van der Waals surface area contributed by atoms with Crippen molar-refractivity contribution in [3.63, 3.8) is 0 Å². The fourth-order valence-electron chi connectivity index (χ4n) is 8.87. The molecular weight excluding hydrogens is 945 g/mol. The first-order valence-electron chi connectivity index (χ1n) is 30.6. The van der Waals surface area contributed by atoms with Gasteiger partial charge in [0.15, 0.2) is 6.10 Å². The van der Waals surface area contributed by atoms with E-state index >= 15 is 0 Å². The topological polar surface area (TPSA) is 122 Å². The van der Waals surface area contributed by atoms with E-state index in [0.717, 1.165) is 147 Å². The summed E-state index contributed by atoms with van der Waals surface area (Å²) >= 11 is 0. The van der Waals surface area contributed by atoms with Crippen LogP contribution in [0.25, 0.3) is 0 Å². The van der Waals surface area contributed by atoms with Crippen molar-refractivity contribution in [2.75, 3.05) is 19.8 Å². The van der Waals surface area contributed by atoms with E-state index in [9.17, 15) is 22.8 Å². The summed E-state index contributed by atoms with van der Waals surface area (Å²) in [4.78, 5) is 38.5. The maximum atomic E-state index is 12.9. The van der Waals surface area contributed by atoms with Gasteiger partial charge in [-0.05, 0) is 122 Å². The molecule has 1 aromatic rings. The van der Waals surface area contributed by atoms with Crippen molar-refractivity contribution < 1.29 is 41.2 Å². The standard InChI is InChI=1S/C64H110O9S/c1-4-6-8-10-12-14-16-18-21-25-29-33-37-41-45-49-62(65)70-57-60(58-71-63(66)50-46-42-38-34-30-26-22-19-17-15-13-11-9-7-5-2)73-64(67)51-47-43-39-35-31-27-23-20-24-28-32-36-40-44-48-56-72-74(68,69)61-54-52-59(3)53-55-61/h18-23,52-55,60H,4-17,24-51,56-58H2,1-3H3/b21-18-,22-19-,23-20-. The number of ether oxygens (including phenoxy) is 3. The zero-order valence-corrected chi connectivity index (χ0v) is 48.6. The molecule has 0 radical (unpaired) electrons. The molecule has 10 heteroatoms. The molecule has 0 amide bonds. The number of allylic oxidation sites excluding steroid dienone is 6. The third-order valence-corrected chi connectivity index (χ3v) is 15.0. The maximum Gasteiger partial charge on any atom is 0.306 e. The predicted octanol–water partition coefficient (Wildman–Crippen LogP) is 18.8. The van der Waals surface area contributed by atoms with E-state index < -0.39 is 16.2 Å². The van der Waals surface area contributed by atoms with E-state index in [1.165, 1.54) is 109 Å². The normalized spacial score (nSPS) is 12.0. The average Bonchev–Trinajstić information content (AvgIpc) is 3.39. The van der Waals surface area contributed by atoms with Crippen LogP contribution in [-0.2, 0) is 42.9 Å². The fraction of sp³-hybridized carbons (Fsp3) is 0.766. The molecular formula is C64H110O9S. The van der Waals surface area contributed by atoms with Gasteiger partial charge in [-0.25, -0.2) is 0 Å². The number of carbonyl (C=O) groups is 3. The molecule has 0 bridgehead atoms. The Morgan fingerprint density at radius 3 is 1.05 bits per heavy atom. The first kappa shape index (κ1) is 68.8. The van der Waals surface area contributed by atoms with Gasteiger partial charge in [-0.3, -0.25) is 18.6 Å². The Hall–Kier alpha value is -3.24. The molecule has 0 unspecified atom stereocenters. The zero-order valence-electron chi connectivity index (χ0n) is 47.8. The minimum Gasteiger partial charge on any atom is -0.462 e. The number of aryl methyl sites for hydroxylation is 1. The Kier molecular flexibility index (Phi) is 48.2. The van der Waals surface area contributed by atoms with Crippen molar-refractivity contribution in [2.45, 2.75) is 301 Å². The Morgan fingerprint density at radius 2 is 0.703 bits per heavy atom. The quantitative estimate of drug-likeness (QED) is 0.0206. The summed E-state index contributed by atoms with van der Waals surface area (Å²) in [5, 5.41) is 0.